The van der Waals surface area contributed by atoms with Gasteiger partial charge in [0.05, 0.1) is 54.1 Å². The van der Waals surface area contributed by atoms with E-state index < -0.39 is 24.0 Å². The predicted octanol–water partition coefficient (Wildman–Crippen LogP) is 3.14. The van der Waals surface area contributed by atoms with Gasteiger partial charge < -0.3 is 31.2 Å². The summed E-state index contributed by atoms with van der Waals surface area (Å²) in [6, 6.07) is 8.13. The molecule has 1 atom stereocenters. The van der Waals surface area contributed by atoms with E-state index in [0.717, 1.165) is 0 Å². The number of rotatable bonds is 9. The highest BCUT2D eigenvalue weighted by Gasteiger charge is 2.43. The number of carbonyl (C=O) groups is 2. The van der Waals surface area contributed by atoms with Gasteiger partial charge in [0.2, 0.25) is 5.91 Å². The lowest BCUT2D eigenvalue weighted by molar-refractivity contribution is -0.127. The van der Waals surface area contributed by atoms with Gasteiger partial charge in [-0.3, -0.25) is 19.6 Å². The molecule has 3 heterocycles. The van der Waals surface area contributed by atoms with Gasteiger partial charge in [0.15, 0.2) is 0 Å². The highest BCUT2D eigenvalue weighted by atomic mass is 35.5. The fourth-order valence-corrected chi connectivity index (χ4v) is 4.09. The molecule has 1 aromatic carbocycles. The first-order valence-corrected chi connectivity index (χ1v) is 11.7. The van der Waals surface area contributed by atoms with Crippen molar-refractivity contribution in [2.24, 2.45) is 0 Å². The Morgan fingerprint density at radius 2 is 2.08 bits per heavy atom. The number of hydrogen-bond acceptors (Lipinski definition) is 8. The molecule has 0 unspecified atom stereocenters. The highest BCUT2D eigenvalue weighted by molar-refractivity contribution is 6.31. The number of methoxy groups -OCH3 is 1. The number of nitrogens with zero attached hydrogens (tertiary/aromatic N) is 2. The summed E-state index contributed by atoms with van der Waals surface area (Å²) in [4.78, 5) is 34.1. The molecular formula is C25H26ClFN6O4. The summed E-state index contributed by atoms with van der Waals surface area (Å²) in [5, 5.41) is 8.94. The van der Waals surface area contributed by atoms with Crippen molar-refractivity contribution in [2.75, 3.05) is 31.4 Å². The largest absolute Gasteiger partial charge is 0.497 e. The van der Waals surface area contributed by atoms with Crippen molar-refractivity contribution in [3.8, 4) is 5.75 Å². The van der Waals surface area contributed by atoms with E-state index in [1.54, 1.807) is 24.3 Å². The topological polar surface area (TPSA) is 140 Å². The van der Waals surface area contributed by atoms with E-state index in [1.165, 1.54) is 31.8 Å². The molecule has 37 heavy (non-hydrogen) atoms. The molecule has 5 N–H and O–H groups in total. The van der Waals surface area contributed by atoms with Gasteiger partial charge in [-0.1, -0.05) is 11.6 Å². The van der Waals surface area contributed by atoms with Crippen LogP contribution < -0.4 is 26.4 Å². The monoisotopic (exact) mass is 528 g/mol. The number of halogens is 2. The quantitative estimate of drug-likeness (QED) is 0.332. The Labute approximate surface area is 217 Å². The smallest absolute Gasteiger partial charge is 0.253 e. The van der Waals surface area contributed by atoms with E-state index in [4.69, 9.17) is 26.8 Å². The third-order valence-corrected chi connectivity index (χ3v) is 6.23. The SMILES string of the molecule is COc1ccc(Nc2cnc(CNC(=O)[C@]3(NC(=O)c4cncc(N)c4)CCOC3)c(Cl)c2)c(CF)c1. The Morgan fingerprint density at radius 3 is 2.76 bits per heavy atom. The number of aromatic nitrogens is 2. The van der Waals surface area contributed by atoms with E-state index in [0.29, 0.717) is 52.1 Å². The van der Waals surface area contributed by atoms with Crippen LogP contribution in [0.15, 0.2) is 48.9 Å². The van der Waals surface area contributed by atoms with Gasteiger partial charge in [0.25, 0.3) is 5.91 Å². The van der Waals surface area contributed by atoms with Crippen molar-refractivity contribution in [3.63, 3.8) is 0 Å². The molecule has 3 aromatic rings. The molecule has 1 aliphatic rings. The van der Waals surface area contributed by atoms with Gasteiger partial charge in [-0.25, -0.2) is 4.39 Å². The van der Waals surface area contributed by atoms with Gasteiger partial charge in [0.1, 0.15) is 18.0 Å². The summed E-state index contributed by atoms with van der Waals surface area (Å²) < 4.78 is 24.0. The van der Waals surface area contributed by atoms with Crippen molar-refractivity contribution in [3.05, 3.63) is 70.8 Å². The van der Waals surface area contributed by atoms with E-state index >= 15 is 0 Å². The van der Waals surface area contributed by atoms with Crippen molar-refractivity contribution in [2.45, 2.75) is 25.2 Å². The fraction of sp³-hybridized carbons (Fsp3) is 0.280. The number of carbonyl (C=O) groups excluding carboxylic acids is 2. The van der Waals surface area contributed by atoms with Crippen LogP contribution >= 0.6 is 11.6 Å². The lowest BCUT2D eigenvalue weighted by Crippen LogP contribution is -2.59. The fourth-order valence-electron chi connectivity index (χ4n) is 3.85. The van der Waals surface area contributed by atoms with Gasteiger partial charge in [-0.2, -0.15) is 0 Å². The Morgan fingerprint density at radius 1 is 1.24 bits per heavy atom. The first kappa shape index (κ1) is 26.1. The van der Waals surface area contributed by atoms with Gasteiger partial charge in [-0.05, 0) is 30.3 Å². The minimum Gasteiger partial charge on any atom is -0.497 e. The maximum atomic E-state index is 13.5. The van der Waals surface area contributed by atoms with Gasteiger partial charge in [0, 0.05) is 36.7 Å². The maximum absolute atomic E-state index is 13.5. The first-order valence-electron chi connectivity index (χ1n) is 11.4. The van der Waals surface area contributed by atoms with E-state index in [9.17, 15) is 14.0 Å². The lowest BCUT2D eigenvalue weighted by atomic mass is 9.96. The Bertz CT molecular complexity index is 1300. The maximum Gasteiger partial charge on any atom is 0.253 e. The summed E-state index contributed by atoms with van der Waals surface area (Å²) in [5.74, 6) is -0.369. The van der Waals surface area contributed by atoms with Crippen molar-refractivity contribution < 1.29 is 23.5 Å². The number of alkyl halides is 1. The molecule has 1 fully saturated rings. The average molecular weight is 529 g/mol. The third-order valence-electron chi connectivity index (χ3n) is 5.90. The molecular weight excluding hydrogens is 503 g/mol. The molecule has 0 spiro atoms. The van der Waals surface area contributed by atoms with Crippen LogP contribution in [0.4, 0.5) is 21.5 Å². The third kappa shape index (κ3) is 6.07. The molecule has 194 valence electrons. The summed E-state index contributed by atoms with van der Waals surface area (Å²) in [5.41, 5.74) is 6.96. The van der Waals surface area contributed by atoms with Crippen LogP contribution in [0.1, 0.15) is 28.0 Å². The van der Waals surface area contributed by atoms with Crippen LogP contribution in [0.2, 0.25) is 5.02 Å². The Balaban J connectivity index is 1.42. The van der Waals surface area contributed by atoms with Crippen LogP contribution in [-0.4, -0.2) is 47.6 Å². The average Bonchev–Trinajstić information content (AvgIpc) is 3.38. The number of benzene rings is 1. The number of ether oxygens (including phenoxy) is 2. The first-order chi connectivity index (χ1) is 17.8. The predicted molar refractivity (Wildman–Crippen MR) is 136 cm³/mol. The normalized spacial score (nSPS) is 16.7. The zero-order valence-electron chi connectivity index (χ0n) is 20.0. The molecule has 10 nitrogen and oxygen atoms in total. The van der Waals surface area contributed by atoms with E-state index in [1.807, 2.05) is 0 Å². The van der Waals surface area contributed by atoms with E-state index in [-0.39, 0.29) is 18.7 Å². The number of nitrogen functional groups attached to an aromatic ring is 1. The second-order valence-corrected chi connectivity index (χ2v) is 8.87. The zero-order valence-corrected chi connectivity index (χ0v) is 20.8. The summed E-state index contributed by atoms with van der Waals surface area (Å²) in [7, 11) is 1.51. The van der Waals surface area contributed by atoms with E-state index in [2.05, 4.69) is 25.9 Å². The second-order valence-electron chi connectivity index (χ2n) is 8.46. The standard InChI is InChI=1S/C25H26ClFN6O4/c1-36-19-2-3-21(15(7-19)9-27)32-18-8-20(26)22(30-12-18)13-31-24(35)25(4-5-37-14-25)33-23(34)16-6-17(28)11-29-10-16/h2-3,6-8,10-12,32H,4-5,9,13-14,28H2,1H3,(H,31,35)(H,33,34)/t25-/m0/s1. The Hall–Kier alpha value is -3.96. The number of anilines is 3. The molecule has 0 bridgehead atoms. The highest BCUT2D eigenvalue weighted by Crippen LogP contribution is 2.28. The number of hydrogen-bond donors (Lipinski definition) is 4. The van der Waals surface area contributed by atoms with Crippen LogP contribution in [0.25, 0.3) is 0 Å². The number of pyridine rings is 2. The zero-order chi connectivity index (χ0) is 26.4. The molecule has 1 aliphatic heterocycles. The van der Waals surface area contributed by atoms with Gasteiger partial charge in [-0.15, -0.1) is 0 Å². The number of nitrogens with two attached hydrogens (primary N) is 1. The van der Waals surface area contributed by atoms with Crippen molar-refractivity contribution in [1.29, 1.82) is 0 Å². The van der Waals surface area contributed by atoms with Crippen molar-refractivity contribution in [1.82, 2.24) is 20.6 Å². The van der Waals surface area contributed by atoms with Crippen LogP contribution in [-0.2, 0) is 22.8 Å². The molecule has 1 saturated heterocycles. The van der Waals surface area contributed by atoms with Gasteiger partial charge >= 0.3 is 0 Å². The lowest BCUT2D eigenvalue weighted by Gasteiger charge is -2.27. The van der Waals surface area contributed by atoms with Crippen LogP contribution in [0.3, 0.4) is 0 Å². The molecule has 0 saturated carbocycles. The molecule has 0 radical (unpaired) electrons. The minimum absolute atomic E-state index is 0.0170. The molecule has 12 heteroatoms. The summed E-state index contributed by atoms with van der Waals surface area (Å²) in [6.45, 7) is -0.327. The molecule has 2 aromatic heterocycles. The van der Waals surface area contributed by atoms with Crippen LogP contribution in [0.5, 0.6) is 5.75 Å². The van der Waals surface area contributed by atoms with Crippen molar-refractivity contribution >= 4 is 40.5 Å². The number of nitrogens with one attached hydrogen (secondary N) is 3. The molecule has 0 aliphatic carbocycles. The molecule has 4 rings (SSSR count). The number of amides is 2. The summed E-state index contributed by atoms with van der Waals surface area (Å²) >= 11 is 6.41. The molecule has 2 amide bonds. The van der Waals surface area contributed by atoms with Crippen LogP contribution in [0, 0.1) is 0 Å². The summed E-state index contributed by atoms with van der Waals surface area (Å²) in [6.07, 6.45) is 4.62. The second kappa shape index (κ2) is 11.4. The Kier molecular flexibility index (Phi) is 8.04. The minimum atomic E-state index is -1.26.